The van der Waals surface area contributed by atoms with E-state index in [2.05, 4.69) is 14.7 Å². The van der Waals surface area contributed by atoms with Crippen LogP contribution in [0.15, 0.2) is 64.6 Å². The summed E-state index contributed by atoms with van der Waals surface area (Å²) >= 11 is 1.57. The average molecular weight is 442 g/mol. The minimum Gasteiger partial charge on any atom is -0.487 e. The molecule has 0 saturated carbocycles. The second kappa shape index (κ2) is 9.05. The van der Waals surface area contributed by atoms with Crippen molar-refractivity contribution in [2.24, 2.45) is 4.99 Å². The van der Waals surface area contributed by atoms with Crippen molar-refractivity contribution in [1.82, 2.24) is 4.98 Å². The number of aromatic nitrogens is 1. The fraction of sp³-hybridized carbons (Fsp3) is 0.136. The van der Waals surface area contributed by atoms with E-state index in [1.54, 1.807) is 47.7 Å². The fourth-order valence-corrected chi connectivity index (χ4v) is 3.39. The molecule has 0 unspecified atom stereocenters. The molecule has 2 heterocycles. The lowest BCUT2D eigenvalue weighted by Gasteiger charge is -2.05. The molecule has 0 N–H and O–H groups in total. The molecule has 1 aliphatic rings. The Balaban J connectivity index is 1.45. The number of cyclic esters (lactones) is 1. The van der Waals surface area contributed by atoms with E-state index in [0.717, 1.165) is 16.3 Å². The summed E-state index contributed by atoms with van der Waals surface area (Å²) in [6.07, 6.45) is 1.57. The maximum absolute atomic E-state index is 12.4. The quantitative estimate of drug-likeness (QED) is 0.381. The number of nitrogens with zero attached hydrogens (tertiary/aromatic N) is 2. The number of hydrogen-bond acceptors (Lipinski definition) is 7. The molecule has 1 aromatic heterocycles. The molecule has 0 spiro atoms. The van der Waals surface area contributed by atoms with Gasteiger partial charge < -0.3 is 14.2 Å². The van der Waals surface area contributed by atoms with Crippen LogP contribution in [0.25, 0.3) is 6.08 Å². The number of aryl methyl sites for hydroxylation is 1. The Bertz CT molecular complexity index is 1160. The van der Waals surface area contributed by atoms with E-state index in [-0.39, 0.29) is 17.3 Å². The molecular weight excluding hydrogens is 426 g/mol. The third-order valence-corrected chi connectivity index (χ3v) is 4.99. The first-order chi connectivity index (χ1) is 15.0. The number of alkyl halides is 2. The Kier molecular flexibility index (Phi) is 6.03. The number of carbonyl (C=O) groups excluding carboxylic acids is 1. The molecule has 4 rings (SSSR count). The zero-order valence-electron chi connectivity index (χ0n) is 16.2. The number of halogens is 2. The van der Waals surface area contributed by atoms with E-state index in [9.17, 15) is 13.6 Å². The highest BCUT2D eigenvalue weighted by atomic mass is 32.1. The third kappa shape index (κ3) is 5.32. The lowest BCUT2D eigenvalue weighted by Crippen LogP contribution is -2.07. The van der Waals surface area contributed by atoms with Crippen LogP contribution in [0.1, 0.15) is 21.8 Å². The van der Waals surface area contributed by atoms with Crippen molar-refractivity contribution in [2.45, 2.75) is 20.1 Å². The molecular formula is C22H16F2N2O4S. The Hall–Kier alpha value is -3.59. The van der Waals surface area contributed by atoms with Crippen molar-refractivity contribution < 1.29 is 27.8 Å². The van der Waals surface area contributed by atoms with Gasteiger partial charge >= 0.3 is 12.6 Å². The molecule has 0 fully saturated rings. The molecule has 0 saturated heterocycles. The zero-order valence-corrected chi connectivity index (χ0v) is 17.1. The summed E-state index contributed by atoms with van der Waals surface area (Å²) < 4.78 is 40.0. The smallest absolute Gasteiger partial charge is 0.387 e. The van der Waals surface area contributed by atoms with Crippen LogP contribution in [-0.2, 0) is 16.1 Å². The Labute approximate surface area is 180 Å². The van der Waals surface area contributed by atoms with Crippen molar-refractivity contribution in [1.29, 1.82) is 0 Å². The summed E-state index contributed by atoms with van der Waals surface area (Å²) in [5, 5.41) is 2.93. The number of hydrogen-bond donors (Lipinski definition) is 0. The van der Waals surface area contributed by atoms with Crippen molar-refractivity contribution in [3.05, 3.63) is 81.4 Å². The van der Waals surface area contributed by atoms with Crippen molar-refractivity contribution in [2.75, 3.05) is 0 Å². The minimum atomic E-state index is -2.95. The molecule has 1 aliphatic heterocycles. The summed E-state index contributed by atoms with van der Waals surface area (Å²) in [5.41, 5.74) is 2.05. The highest BCUT2D eigenvalue weighted by Gasteiger charge is 2.24. The van der Waals surface area contributed by atoms with Gasteiger partial charge in [-0.25, -0.2) is 14.8 Å². The van der Waals surface area contributed by atoms with Crippen LogP contribution in [0.5, 0.6) is 11.5 Å². The van der Waals surface area contributed by atoms with Crippen molar-refractivity contribution >= 4 is 29.3 Å². The monoisotopic (exact) mass is 442 g/mol. The molecule has 0 aliphatic carbocycles. The van der Waals surface area contributed by atoms with Crippen LogP contribution in [0.2, 0.25) is 0 Å². The first kappa shape index (κ1) is 20.7. The Morgan fingerprint density at radius 2 is 1.97 bits per heavy atom. The minimum absolute atomic E-state index is 0.0227. The number of carbonyl (C=O) groups is 1. The van der Waals surface area contributed by atoms with Gasteiger partial charge in [0.05, 0.1) is 10.7 Å². The van der Waals surface area contributed by atoms with Gasteiger partial charge in [-0.1, -0.05) is 18.2 Å². The summed E-state index contributed by atoms with van der Waals surface area (Å²) in [4.78, 5) is 20.7. The van der Waals surface area contributed by atoms with E-state index in [4.69, 9.17) is 9.47 Å². The zero-order chi connectivity index (χ0) is 21.8. The van der Waals surface area contributed by atoms with Gasteiger partial charge in [-0.2, -0.15) is 8.78 Å². The summed E-state index contributed by atoms with van der Waals surface area (Å²) in [5.74, 6) is 0.0119. The van der Waals surface area contributed by atoms with E-state index in [1.807, 2.05) is 12.3 Å². The molecule has 0 amide bonds. The normalized spacial score (nSPS) is 14.6. The average Bonchev–Trinajstić information content (AvgIpc) is 3.33. The van der Waals surface area contributed by atoms with Crippen LogP contribution >= 0.6 is 11.3 Å². The highest BCUT2D eigenvalue weighted by molar-refractivity contribution is 7.09. The first-order valence-corrected chi connectivity index (χ1v) is 10.1. The Morgan fingerprint density at radius 3 is 2.68 bits per heavy atom. The lowest BCUT2D eigenvalue weighted by molar-refractivity contribution is -0.129. The third-order valence-electron chi connectivity index (χ3n) is 4.16. The van der Waals surface area contributed by atoms with Gasteiger partial charge in [0.1, 0.15) is 18.1 Å². The first-order valence-electron chi connectivity index (χ1n) is 9.18. The largest absolute Gasteiger partial charge is 0.487 e. The van der Waals surface area contributed by atoms with Gasteiger partial charge in [-0.05, 0) is 48.9 Å². The summed E-state index contributed by atoms with van der Waals surface area (Å²) in [6, 6.07) is 12.9. The predicted octanol–water partition coefficient (Wildman–Crippen LogP) is 4.98. The molecule has 6 nitrogen and oxygen atoms in total. The van der Waals surface area contributed by atoms with Gasteiger partial charge in [0.25, 0.3) is 0 Å². The van der Waals surface area contributed by atoms with Gasteiger partial charge in [0.2, 0.25) is 5.90 Å². The van der Waals surface area contributed by atoms with Crippen LogP contribution in [0.4, 0.5) is 8.78 Å². The van der Waals surface area contributed by atoms with Gasteiger partial charge in [0, 0.05) is 10.9 Å². The maximum atomic E-state index is 12.4. The van der Waals surface area contributed by atoms with Crippen LogP contribution in [-0.4, -0.2) is 23.5 Å². The Morgan fingerprint density at radius 1 is 1.16 bits per heavy atom. The summed E-state index contributed by atoms with van der Waals surface area (Å²) in [6.45, 7) is -0.637. The second-order valence-electron chi connectivity index (χ2n) is 6.46. The molecule has 31 heavy (non-hydrogen) atoms. The highest BCUT2D eigenvalue weighted by Crippen LogP contribution is 2.23. The number of ether oxygens (including phenoxy) is 3. The van der Waals surface area contributed by atoms with E-state index in [0.29, 0.717) is 17.9 Å². The number of thiazole rings is 1. The standard InChI is InChI=1S/C22H16F2N2O4S/c1-13-25-16(12-31-13)11-28-17-7-5-14(6-8-17)9-19-21(27)30-20(26-19)15-3-2-4-18(10-15)29-22(23)24/h2-10,12,22H,11H2,1H3/b19-9-. The van der Waals surface area contributed by atoms with Gasteiger partial charge in [0.15, 0.2) is 5.70 Å². The SMILES string of the molecule is Cc1nc(COc2ccc(/C=C3\N=C(c4cccc(OC(F)F)c4)OC3=O)cc2)cs1. The van der Waals surface area contributed by atoms with Crippen molar-refractivity contribution in [3.8, 4) is 11.5 Å². The molecule has 0 bridgehead atoms. The van der Waals surface area contributed by atoms with E-state index >= 15 is 0 Å². The fourth-order valence-electron chi connectivity index (χ4n) is 2.79. The number of rotatable bonds is 7. The van der Waals surface area contributed by atoms with Gasteiger partial charge in [-0.3, -0.25) is 0 Å². The summed E-state index contributed by atoms with van der Waals surface area (Å²) in [7, 11) is 0. The maximum Gasteiger partial charge on any atom is 0.387 e. The lowest BCUT2D eigenvalue weighted by atomic mass is 10.2. The number of aliphatic imine (C=N–C) groups is 1. The van der Waals surface area contributed by atoms with Gasteiger partial charge in [-0.15, -0.1) is 11.3 Å². The van der Waals surface area contributed by atoms with Crippen LogP contribution in [0.3, 0.4) is 0 Å². The van der Waals surface area contributed by atoms with E-state index in [1.165, 1.54) is 18.2 Å². The van der Waals surface area contributed by atoms with E-state index < -0.39 is 12.6 Å². The van der Waals surface area contributed by atoms with Crippen molar-refractivity contribution in [3.63, 3.8) is 0 Å². The van der Waals surface area contributed by atoms with Crippen LogP contribution < -0.4 is 9.47 Å². The molecule has 2 aromatic carbocycles. The number of benzene rings is 2. The second-order valence-corrected chi connectivity index (χ2v) is 7.52. The molecule has 0 atom stereocenters. The molecule has 158 valence electrons. The molecule has 9 heteroatoms. The topological polar surface area (TPSA) is 70.0 Å². The number of esters is 1. The van der Waals surface area contributed by atoms with Crippen LogP contribution in [0, 0.1) is 6.92 Å². The predicted molar refractivity (Wildman–Crippen MR) is 111 cm³/mol. The molecule has 3 aromatic rings. The molecule has 0 radical (unpaired) electrons.